The summed E-state index contributed by atoms with van der Waals surface area (Å²) >= 11 is 1.75. The number of hydrogen-bond acceptors (Lipinski definition) is 6. The third-order valence-electron chi connectivity index (χ3n) is 5.39. The molecule has 3 heterocycles. The van der Waals surface area contributed by atoms with E-state index in [2.05, 4.69) is 87.0 Å². The molecule has 2 aromatic heterocycles. The summed E-state index contributed by atoms with van der Waals surface area (Å²) in [6.45, 7) is 10.5. The van der Waals surface area contributed by atoms with Gasteiger partial charge in [-0.25, -0.2) is 4.68 Å². The number of aromatic nitrogens is 4. The van der Waals surface area contributed by atoms with Gasteiger partial charge in [-0.3, -0.25) is 9.80 Å². The smallest absolute Gasteiger partial charge is 0.169 e. The first-order chi connectivity index (χ1) is 13.7. The van der Waals surface area contributed by atoms with Crippen LogP contribution in [0.3, 0.4) is 0 Å². The van der Waals surface area contributed by atoms with Crippen LogP contribution in [0.1, 0.15) is 36.2 Å². The number of piperazine rings is 1. The molecular formula is C21H28N6S. The van der Waals surface area contributed by atoms with E-state index >= 15 is 0 Å². The summed E-state index contributed by atoms with van der Waals surface area (Å²) < 4.78 is 1.98. The monoisotopic (exact) mass is 396 g/mol. The Hall–Kier alpha value is -2.09. The minimum absolute atomic E-state index is 0.244. The molecule has 0 amide bonds. The van der Waals surface area contributed by atoms with Gasteiger partial charge in [-0.15, -0.1) is 16.4 Å². The molecule has 0 spiro atoms. The van der Waals surface area contributed by atoms with E-state index in [0.29, 0.717) is 5.92 Å². The van der Waals surface area contributed by atoms with Crippen LogP contribution in [0, 0.1) is 5.92 Å². The molecule has 1 atom stereocenters. The number of tetrazole rings is 1. The SMILES string of the molecule is CC(C)[C@H](c1nnnn1Cc1cccs1)N1CCN(Cc2ccccc2)CC1. The van der Waals surface area contributed by atoms with Crippen LogP contribution in [-0.2, 0) is 13.1 Å². The van der Waals surface area contributed by atoms with Crippen LogP contribution in [0.5, 0.6) is 0 Å². The molecule has 1 aromatic carbocycles. The van der Waals surface area contributed by atoms with Crippen molar-refractivity contribution in [2.45, 2.75) is 33.0 Å². The van der Waals surface area contributed by atoms with Crippen molar-refractivity contribution >= 4 is 11.3 Å². The van der Waals surface area contributed by atoms with E-state index in [4.69, 9.17) is 0 Å². The lowest BCUT2D eigenvalue weighted by Gasteiger charge is -2.40. The largest absolute Gasteiger partial charge is 0.297 e. The first-order valence-corrected chi connectivity index (χ1v) is 10.9. The van der Waals surface area contributed by atoms with E-state index in [9.17, 15) is 0 Å². The quantitative estimate of drug-likeness (QED) is 0.613. The maximum atomic E-state index is 4.43. The maximum absolute atomic E-state index is 4.43. The van der Waals surface area contributed by atoms with E-state index in [1.807, 2.05) is 4.68 Å². The van der Waals surface area contributed by atoms with Gasteiger partial charge in [0.25, 0.3) is 0 Å². The Balaban J connectivity index is 1.43. The second-order valence-electron chi connectivity index (χ2n) is 7.76. The van der Waals surface area contributed by atoms with Crippen LogP contribution in [0.4, 0.5) is 0 Å². The highest BCUT2D eigenvalue weighted by Gasteiger charge is 2.31. The highest BCUT2D eigenvalue weighted by molar-refractivity contribution is 7.09. The summed E-state index contributed by atoms with van der Waals surface area (Å²) in [7, 11) is 0. The van der Waals surface area contributed by atoms with Crippen LogP contribution in [0.25, 0.3) is 0 Å². The summed E-state index contributed by atoms with van der Waals surface area (Å²) in [5.74, 6) is 1.44. The molecule has 148 valence electrons. The Morgan fingerprint density at radius 3 is 2.43 bits per heavy atom. The van der Waals surface area contributed by atoms with Gasteiger partial charge in [-0.2, -0.15) is 0 Å². The second kappa shape index (κ2) is 8.94. The molecule has 0 unspecified atom stereocenters. The lowest BCUT2D eigenvalue weighted by atomic mass is 10.0. The summed E-state index contributed by atoms with van der Waals surface area (Å²) in [5.41, 5.74) is 1.39. The Labute approximate surface area is 170 Å². The predicted molar refractivity (Wildman–Crippen MR) is 112 cm³/mol. The van der Waals surface area contributed by atoms with Gasteiger partial charge in [-0.1, -0.05) is 50.2 Å². The molecule has 0 saturated carbocycles. The average molecular weight is 397 g/mol. The van der Waals surface area contributed by atoms with Crippen LogP contribution < -0.4 is 0 Å². The lowest BCUT2D eigenvalue weighted by molar-refractivity contribution is 0.0664. The van der Waals surface area contributed by atoms with Gasteiger partial charge in [0.05, 0.1) is 12.6 Å². The molecule has 1 fully saturated rings. The Kier molecular flexibility index (Phi) is 6.14. The highest BCUT2D eigenvalue weighted by Crippen LogP contribution is 2.28. The van der Waals surface area contributed by atoms with Crippen molar-refractivity contribution in [2.24, 2.45) is 5.92 Å². The summed E-state index contributed by atoms with van der Waals surface area (Å²) in [4.78, 5) is 6.38. The Bertz CT molecular complexity index is 837. The molecule has 0 N–H and O–H groups in total. The molecule has 28 heavy (non-hydrogen) atoms. The third kappa shape index (κ3) is 4.48. The summed E-state index contributed by atoms with van der Waals surface area (Å²) in [5, 5.41) is 14.8. The van der Waals surface area contributed by atoms with Crippen molar-refractivity contribution in [2.75, 3.05) is 26.2 Å². The van der Waals surface area contributed by atoms with Crippen molar-refractivity contribution in [3.63, 3.8) is 0 Å². The minimum Gasteiger partial charge on any atom is -0.297 e. The van der Waals surface area contributed by atoms with Crippen molar-refractivity contribution in [3.8, 4) is 0 Å². The predicted octanol–water partition coefficient (Wildman–Crippen LogP) is 3.30. The van der Waals surface area contributed by atoms with E-state index in [0.717, 1.165) is 45.1 Å². The number of hydrogen-bond donors (Lipinski definition) is 0. The molecule has 4 rings (SSSR count). The molecule has 0 radical (unpaired) electrons. The summed E-state index contributed by atoms with van der Waals surface area (Å²) in [6, 6.07) is 15.2. The standard InChI is InChI=1S/C21H28N6S/c1-17(2)20(21-22-23-24-27(21)16-19-9-6-14-28-19)26-12-10-25(11-13-26)15-18-7-4-3-5-8-18/h3-9,14,17,20H,10-13,15-16H2,1-2H3/t20-/m1/s1. The normalized spacial score (nSPS) is 17.2. The van der Waals surface area contributed by atoms with Gasteiger partial charge < -0.3 is 0 Å². The number of rotatable bonds is 7. The van der Waals surface area contributed by atoms with Gasteiger partial charge in [0.2, 0.25) is 0 Å². The average Bonchev–Trinajstić information content (AvgIpc) is 3.37. The van der Waals surface area contributed by atoms with Gasteiger partial charge in [-0.05, 0) is 33.4 Å². The van der Waals surface area contributed by atoms with Crippen LogP contribution >= 0.6 is 11.3 Å². The topological polar surface area (TPSA) is 50.1 Å². The fraction of sp³-hybridized carbons (Fsp3) is 0.476. The zero-order valence-corrected chi connectivity index (χ0v) is 17.4. The molecule has 1 aliphatic heterocycles. The summed E-state index contributed by atoms with van der Waals surface area (Å²) in [6.07, 6.45) is 0. The first kappa shape index (κ1) is 19.2. The molecule has 7 heteroatoms. The van der Waals surface area contributed by atoms with Gasteiger partial charge in [0, 0.05) is 37.6 Å². The van der Waals surface area contributed by atoms with Gasteiger partial charge in [0.1, 0.15) is 0 Å². The second-order valence-corrected chi connectivity index (χ2v) is 8.79. The van der Waals surface area contributed by atoms with Crippen molar-refractivity contribution in [3.05, 3.63) is 64.1 Å². The van der Waals surface area contributed by atoms with Crippen molar-refractivity contribution in [1.82, 2.24) is 30.0 Å². The Morgan fingerprint density at radius 2 is 1.75 bits per heavy atom. The molecular weight excluding hydrogens is 368 g/mol. The van der Waals surface area contributed by atoms with Crippen LogP contribution in [-0.4, -0.2) is 56.2 Å². The molecule has 1 saturated heterocycles. The molecule has 6 nitrogen and oxygen atoms in total. The number of benzene rings is 1. The number of nitrogens with zero attached hydrogens (tertiary/aromatic N) is 6. The van der Waals surface area contributed by atoms with E-state index in [-0.39, 0.29) is 6.04 Å². The minimum atomic E-state index is 0.244. The first-order valence-electron chi connectivity index (χ1n) is 9.99. The fourth-order valence-electron chi connectivity index (χ4n) is 4.01. The third-order valence-corrected chi connectivity index (χ3v) is 6.25. The van der Waals surface area contributed by atoms with Gasteiger partial charge in [0.15, 0.2) is 5.82 Å². The van der Waals surface area contributed by atoms with Crippen molar-refractivity contribution in [1.29, 1.82) is 0 Å². The molecule has 0 bridgehead atoms. The van der Waals surface area contributed by atoms with Crippen LogP contribution in [0.2, 0.25) is 0 Å². The van der Waals surface area contributed by atoms with E-state index in [1.165, 1.54) is 10.4 Å². The van der Waals surface area contributed by atoms with Crippen molar-refractivity contribution < 1.29 is 0 Å². The maximum Gasteiger partial charge on any atom is 0.169 e. The fourth-order valence-corrected chi connectivity index (χ4v) is 4.70. The highest BCUT2D eigenvalue weighted by atomic mass is 32.1. The molecule has 0 aliphatic carbocycles. The van der Waals surface area contributed by atoms with E-state index < -0.39 is 0 Å². The van der Waals surface area contributed by atoms with E-state index in [1.54, 1.807) is 11.3 Å². The number of thiophene rings is 1. The zero-order valence-electron chi connectivity index (χ0n) is 16.6. The Morgan fingerprint density at radius 1 is 0.964 bits per heavy atom. The lowest BCUT2D eigenvalue weighted by Crippen LogP contribution is -2.48. The van der Waals surface area contributed by atoms with Gasteiger partial charge >= 0.3 is 0 Å². The molecule has 1 aliphatic rings. The van der Waals surface area contributed by atoms with Crippen LogP contribution in [0.15, 0.2) is 47.8 Å². The zero-order chi connectivity index (χ0) is 19.3. The molecule has 3 aromatic rings.